The van der Waals surface area contributed by atoms with E-state index >= 15 is 0 Å². The van der Waals surface area contributed by atoms with Gasteiger partial charge in [-0.25, -0.2) is 0 Å². The molecule has 0 spiro atoms. The van der Waals surface area contributed by atoms with Crippen LogP contribution in [0.3, 0.4) is 0 Å². The van der Waals surface area contributed by atoms with Gasteiger partial charge in [-0.2, -0.15) is 0 Å². The highest BCUT2D eigenvalue weighted by Crippen LogP contribution is 2.37. The fourth-order valence-corrected chi connectivity index (χ4v) is 1.73. The quantitative estimate of drug-likeness (QED) is 0.429. The molecule has 1 aromatic carbocycles. The lowest BCUT2D eigenvalue weighted by molar-refractivity contribution is -0.386. The molecule has 1 atom stereocenters. The normalized spacial score (nSPS) is 12.0. The van der Waals surface area contributed by atoms with Gasteiger partial charge in [-0.3, -0.25) is 10.1 Å². The second kappa shape index (κ2) is 7.66. The fourth-order valence-electron chi connectivity index (χ4n) is 1.73. The molecule has 7 nitrogen and oxygen atoms in total. The number of nitrogens with zero attached hydrogens (tertiary/aromatic N) is 1. The number of aliphatic hydroxyl groups is 2. The molecule has 2 N–H and O–H groups in total. The molecule has 0 bridgehead atoms. The molecule has 0 fully saturated rings. The number of hydrogen-bond donors (Lipinski definition) is 2. The van der Waals surface area contributed by atoms with Gasteiger partial charge in [-0.05, 0) is 25.8 Å². The fraction of sp³-hybridized carbons (Fsp3) is 0.538. The molecule has 1 unspecified atom stereocenters. The molecule has 1 aromatic rings. The minimum absolute atomic E-state index is 0.0710. The lowest BCUT2D eigenvalue weighted by atomic mass is 10.1. The van der Waals surface area contributed by atoms with E-state index < -0.39 is 11.0 Å². The van der Waals surface area contributed by atoms with E-state index in [-0.39, 0.29) is 23.6 Å². The Morgan fingerprint density at radius 1 is 1.35 bits per heavy atom. The summed E-state index contributed by atoms with van der Waals surface area (Å²) in [6, 6.07) is 2.66. The molecule has 20 heavy (non-hydrogen) atoms. The van der Waals surface area contributed by atoms with E-state index in [2.05, 4.69) is 0 Å². The lowest BCUT2D eigenvalue weighted by Gasteiger charge is -2.13. The molecule has 1 rings (SSSR count). The van der Waals surface area contributed by atoms with Crippen LogP contribution in [-0.4, -0.2) is 35.5 Å². The van der Waals surface area contributed by atoms with Crippen molar-refractivity contribution in [3.63, 3.8) is 0 Å². The second-order valence-corrected chi connectivity index (χ2v) is 4.27. The molecule has 0 aliphatic rings. The summed E-state index contributed by atoms with van der Waals surface area (Å²) in [4.78, 5) is 10.5. The number of rotatable bonds is 8. The summed E-state index contributed by atoms with van der Waals surface area (Å²) < 4.78 is 10.6. The SMILES string of the molecule is COc1cc(C(C)O)c([N+](=O)[O-])cc1OCCCCO. The molecule has 0 radical (unpaired) electrons. The molecule has 7 heteroatoms. The standard InChI is InChI=1S/C13H19NO6/c1-9(16)10-7-12(19-2)13(8-11(10)14(17)18)20-6-4-3-5-15/h7-9,15-16H,3-6H2,1-2H3. The minimum Gasteiger partial charge on any atom is -0.493 e. The first-order chi connectivity index (χ1) is 9.51. The van der Waals surface area contributed by atoms with Crippen LogP contribution >= 0.6 is 0 Å². The molecular weight excluding hydrogens is 266 g/mol. The third-order valence-electron chi connectivity index (χ3n) is 2.77. The van der Waals surface area contributed by atoms with Crippen LogP contribution in [0.25, 0.3) is 0 Å². The van der Waals surface area contributed by atoms with Gasteiger partial charge in [0.2, 0.25) is 0 Å². The molecule has 0 aromatic heterocycles. The van der Waals surface area contributed by atoms with Crippen LogP contribution in [-0.2, 0) is 0 Å². The van der Waals surface area contributed by atoms with Crippen molar-refractivity contribution in [3.8, 4) is 11.5 Å². The number of nitro benzene ring substituents is 1. The highest BCUT2D eigenvalue weighted by molar-refractivity contribution is 5.55. The first-order valence-electron chi connectivity index (χ1n) is 6.29. The maximum atomic E-state index is 11.0. The molecular formula is C13H19NO6. The largest absolute Gasteiger partial charge is 0.493 e. The van der Waals surface area contributed by atoms with Gasteiger partial charge in [0.05, 0.1) is 36.4 Å². The van der Waals surface area contributed by atoms with Crippen LogP contribution in [0.15, 0.2) is 12.1 Å². The van der Waals surface area contributed by atoms with Crippen LogP contribution in [0.4, 0.5) is 5.69 Å². The number of benzene rings is 1. The van der Waals surface area contributed by atoms with Crippen molar-refractivity contribution in [1.82, 2.24) is 0 Å². The second-order valence-electron chi connectivity index (χ2n) is 4.27. The first kappa shape index (κ1) is 16.2. The molecule has 0 saturated carbocycles. The predicted molar refractivity (Wildman–Crippen MR) is 72.1 cm³/mol. The van der Waals surface area contributed by atoms with E-state index in [4.69, 9.17) is 14.6 Å². The summed E-state index contributed by atoms with van der Waals surface area (Å²) in [5, 5.41) is 29.3. The number of unbranched alkanes of at least 4 members (excludes halogenated alkanes) is 1. The average molecular weight is 285 g/mol. The van der Waals surface area contributed by atoms with Crippen molar-refractivity contribution >= 4 is 5.69 Å². The third-order valence-corrected chi connectivity index (χ3v) is 2.77. The molecule has 0 saturated heterocycles. The molecule has 0 aliphatic carbocycles. The molecule has 0 aliphatic heterocycles. The summed E-state index contributed by atoms with van der Waals surface area (Å²) in [5.74, 6) is 0.581. The number of nitro groups is 1. The van der Waals surface area contributed by atoms with Crippen LogP contribution < -0.4 is 9.47 Å². The Kier molecular flexibility index (Phi) is 6.20. The van der Waals surface area contributed by atoms with Gasteiger partial charge in [0.25, 0.3) is 5.69 Å². The van der Waals surface area contributed by atoms with E-state index in [0.717, 1.165) is 0 Å². The zero-order valence-corrected chi connectivity index (χ0v) is 11.5. The number of aliphatic hydroxyl groups excluding tert-OH is 2. The van der Waals surface area contributed by atoms with Crippen molar-refractivity contribution in [2.45, 2.75) is 25.9 Å². The summed E-state index contributed by atoms with van der Waals surface area (Å²) in [7, 11) is 1.42. The maximum Gasteiger partial charge on any atom is 0.279 e. The Morgan fingerprint density at radius 3 is 2.55 bits per heavy atom. The van der Waals surface area contributed by atoms with E-state index in [9.17, 15) is 15.2 Å². The third kappa shape index (κ3) is 4.07. The zero-order valence-electron chi connectivity index (χ0n) is 11.5. The van der Waals surface area contributed by atoms with Crippen molar-refractivity contribution < 1.29 is 24.6 Å². The number of ether oxygens (including phenoxy) is 2. The van der Waals surface area contributed by atoms with Gasteiger partial charge in [-0.15, -0.1) is 0 Å². The van der Waals surface area contributed by atoms with Crippen molar-refractivity contribution in [1.29, 1.82) is 0 Å². The smallest absolute Gasteiger partial charge is 0.279 e. The highest BCUT2D eigenvalue weighted by Gasteiger charge is 2.22. The van der Waals surface area contributed by atoms with Gasteiger partial charge in [0, 0.05) is 6.61 Å². The maximum absolute atomic E-state index is 11.0. The zero-order chi connectivity index (χ0) is 15.1. The Hall–Kier alpha value is -1.86. The lowest BCUT2D eigenvalue weighted by Crippen LogP contribution is -2.04. The predicted octanol–water partition coefficient (Wildman–Crippen LogP) is 1.81. The Labute approximate surface area is 116 Å². The van der Waals surface area contributed by atoms with Gasteiger partial charge in [0.1, 0.15) is 0 Å². The number of methoxy groups -OCH3 is 1. The van der Waals surface area contributed by atoms with Crippen molar-refractivity contribution in [2.75, 3.05) is 20.3 Å². The van der Waals surface area contributed by atoms with Crippen LogP contribution in [0.5, 0.6) is 11.5 Å². The summed E-state index contributed by atoms with van der Waals surface area (Å²) in [6.45, 7) is 1.84. The van der Waals surface area contributed by atoms with E-state index in [1.807, 2.05) is 0 Å². The Bertz CT molecular complexity index is 460. The van der Waals surface area contributed by atoms with E-state index in [0.29, 0.717) is 25.2 Å². The molecule has 0 amide bonds. The highest BCUT2D eigenvalue weighted by atomic mass is 16.6. The summed E-state index contributed by atoms with van der Waals surface area (Å²) in [6.07, 6.45) is 0.245. The van der Waals surface area contributed by atoms with Crippen LogP contribution in [0.2, 0.25) is 0 Å². The first-order valence-corrected chi connectivity index (χ1v) is 6.29. The van der Waals surface area contributed by atoms with Gasteiger partial charge < -0.3 is 19.7 Å². The molecule has 112 valence electrons. The summed E-state index contributed by atoms with van der Waals surface area (Å²) in [5.41, 5.74) is -0.0347. The average Bonchev–Trinajstić information content (AvgIpc) is 2.42. The Morgan fingerprint density at radius 2 is 2.05 bits per heavy atom. The molecule has 0 heterocycles. The Balaban J connectivity index is 3.03. The van der Waals surface area contributed by atoms with Gasteiger partial charge >= 0.3 is 0 Å². The number of hydrogen-bond acceptors (Lipinski definition) is 6. The topological polar surface area (TPSA) is 102 Å². The van der Waals surface area contributed by atoms with Crippen molar-refractivity contribution in [3.05, 3.63) is 27.8 Å². The van der Waals surface area contributed by atoms with Gasteiger partial charge in [0.15, 0.2) is 11.5 Å². The van der Waals surface area contributed by atoms with Crippen LogP contribution in [0.1, 0.15) is 31.4 Å². The monoisotopic (exact) mass is 285 g/mol. The van der Waals surface area contributed by atoms with E-state index in [1.54, 1.807) is 0 Å². The van der Waals surface area contributed by atoms with Crippen molar-refractivity contribution in [2.24, 2.45) is 0 Å². The summed E-state index contributed by atoms with van der Waals surface area (Å²) >= 11 is 0. The van der Waals surface area contributed by atoms with E-state index in [1.165, 1.54) is 26.2 Å². The minimum atomic E-state index is -0.979. The van der Waals surface area contributed by atoms with Gasteiger partial charge in [-0.1, -0.05) is 0 Å². The van der Waals surface area contributed by atoms with Crippen LogP contribution in [0, 0.1) is 10.1 Å².